The SMILES string of the molecule is O=C(NCC1COc2ccccc2O1)c1ccc([N+](=O)[O-])cc1[N+](=O)[O-]. The Morgan fingerprint density at radius 3 is 2.54 bits per heavy atom. The van der Waals surface area contributed by atoms with Crippen molar-refractivity contribution in [1.29, 1.82) is 0 Å². The van der Waals surface area contributed by atoms with Crippen molar-refractivity contribution in [2.45, 2.75) is 6.10 Å². The molecule has 10 heteroatoms. The summed E-state index contributed by atoms with van der Waals surface area (Å²) in [5.74, 6) is 0.412. The van der Waals surface area contributed by atoms with E-state index in [4.69, 9.17) is 9.47 Å². The molecular weight excluding hydrogens is 346 g/mol. The normalized spacial score (nSPS) is 15.2. The molecule has 0 aromatic heterocycles. The zero-order valence-corrected chi connectivity index (χ0v) is 13.3. The highest BCUT2D eigenvalue weighted by Gasteiger charge is 2.26. The van der Waals surface area contributed by atoms with Crippen molar-refractivity contribution in [2.75, 3.05) is 13.2 Å². The van der Waals surface area contributed by atoms with Gasteiger partial charge in [-0.15, -0.1) is 0 Å². The van der Waals surface area contributed by atoms with Crippen LogP contribution in [0.5, 0.6) is 11.5 Å². The van der Waals surface area contributed by atoms with Gasteiger partial charge in [-0.25, -0.2) is 0 Å². The summed E-state index contributed by atoms with van der Waals surface area (Å²) in [5.41, 5.74) is -1.37. The Hall–Kier alpha value is -3.69. The summed E-state index contributed by atoms with van der Waals surface area (Å²) in [6.07, 6.45) is -0.467. The van der Waals surface area contributed by atoms with Crippen LogP contribution in [0.15, 0.2) is 42.5 Å². The lowest BCUT2D eigenvalue weighted by Gasteiger charge is -2.26. The Morgan fingerprint density at radius 1 is 1.12 bits per heavy atom. The molecule has 0 fully saturated rings. The Balaban J connectivity index is 1.69. The van der Waals surface area contributed by atoms with Gasteiger partial charge in [0.25, 0.3) is 17.3 Å². The highest BCUT2D eigenvalue weighted by atomic mass is 16.6. The first-order valence-electron chi connectivity index (χ1n) is 7.55. The van der Waals surface area contributed by atoms with Crippen molar-refractivity contribution in [1.82, 2.24) is 5.32 Å². The van der Waals surface area contributed by atoms with Crippen molar-refractivity contribution in [3.05, 3.63) is 68.3 Å². The molecule has 2 aromatic carbocycles. The van der Waals surface area contributed by atoms with Crippen molar-refractivity contribution < 1.29 is 24.1 Å². The van der Waals surface area contributed by atoms with Gasteiger partial charge in [0.1, 0.15) is 18.3 Å². The second kappa shape index (κ2) is 7.05. The van der Waals surface area contributed by atoms with Gasteiger partial charge in [-0.3, -0.25) is 25.0 Å². The number of carbonyl (C=O) groups is 1. The number of benzene rings is 2. The number of nitro groups is 2. The second-order valence-electron chi connectivity index (χ2n) is 5.42. The summed E-state index contributed by atoms with van der Waals surface area (Å²) in [6, 6.07) is 9.92. The Morgan fingerprint density at radius 2 is 1.85 bits per heavy atom. The van der Waals surface area contributed by atoms with Crippen LogP contribution in [0.2, 0.25) is 0 Å². The predicted molar refractivity (Wildman–Crippen MR) is 88.4 cm³/mol. The van der Waals surface area contributed by atoms with Crippen LogP contribution in [0.3, 0.4) is 0 Å². The first-order valence-corrected chi connectivity index (χ1v) is 7.55. The minimum atomic E-state index is -0.835. The van der Waals surface area contributed by atoms with Gasteiger partial charge >= 0.3 is 0 Å². The number of non-ortho nitro benzene ring substituents is 1. The van der Waals surface area contributed by atoms with Crippen LogP contribution >= 0.6 is 0 Å². The largest absolute Gasteiger partial charge is 0.486 e. The predicted octanol–water partition coefficient (Wildman–Crippen LogP) is 2.07. The lowest BCUT2D eigenvalue weighted by atomic mass is 10.1. The molecule has 2 aromatic rings. The van der Waals surface area contributed by atoms with Crippen LogP contribution in [-0.4, -0.2) is 35.0 Å². The fraction of sp³-hybridized carbons (Fsp3) is 0.188. The molecule has 1 aliphatic heterocycles. The van der Waals surface area contributed by atoms with E-state index in [-0.39, 0.29) is 18.7 Å². The fourth-order valence-corrected chi connectivity index (χ4v) is 2.44. The summed E-state index contributed by atoms with van der Waals surface area (Å²) in [4.78, 5) is 32.5. The third kappa shape index (κ3) is 3.53. The molecule has 0 saturated carbocycles. The number of nitro benzene ring substituents is 2. The van der Waals surface area contributed by atoms with Crippen LogP contribution in [0, 0.1) is 20.2 Å². The van der Waals surface area contributed by atoms with E-state index >= 15 is 0 Å². The number of hydrogen-bond donors (Lipinski definition) is 1. The van der Waals surface area contributed by atoms with Crippen LogP contribution in [0.4, 0.5) is 11.4 Å². The average Bonchev–Trinajstić information content (AvgIpc) is 2.65. The van der Waals surface area contributed by atoms with E-state index in [1.807, 2.05) is 0 Å². The second-order valence-corrected chi connectivity index (χ2v) is 5.42. The molecule has 1 amide bonds. The maximum absolute atomic E-state index is 12.3. The zero-order valence-electron chi connectivity index (χ0n) is 13.3. The lowest BCUT2D eigenvalue weighted by Crippen LogP contribution is -2.40. The molecule has 1 aliphatic rings. The number of amides is 1. The number of ether oxygens (including phenoxy) is 2. The third-order valence-corrected chi connectivity index (χ3v) is 3.69. The van der Waals surface area contributed by atoms with Crippen LogP contribution in [0.25, 0.3) is 0 Å². The average molecular weight is 359 g/mol. The van der Waals surface area contributed by atoms with E-state index in [1.54, 1.807) is 24.3 Å². The Labute approximate surface area is 146 Å². The van der Waals surface area contributed by atoms with Crippen molar-refractivity contribution >= 4 is 17.3 Å². The summed E-state index contributed by atoms with van der Waals surface area (Å²) < 4.78 is 11.2. The molecule has 1 heterocycles. The minimum absolute atomic E-state index is 0.0569. The van der Waals surface area contributed by atoms with Gasteiger partial charge in [-0.1, -0.05) is 12.1 Å². The van der Waals surface area contributed by atoms with Gasteiger partial charge in [0.05, 0.1) is 22.5 Å². The summed E-state index contributed by atoms with van der Waals surface area (Å²) in [7, 11) is 0. The quantitative estimate of drug-likeness (QED) is 0.638. The van der Waals surface area contributed by atoms with Crippen LogP contribution in [-0.2, 0) is 0 Å². The highest BCUT2D eigenvalue weighted by Crippen LogP contribution is 2.30. The van der Waals surface area contributed by atoms with Gasteiger partial charge in [-0.05, 0) is 18.2 Å². The van der Waals surface area contributed by atoms with E-state index in [1.165, 1.54) is 0 Å². The Bertz CT molecular complexity index is 884. The first-order chi connectivity index (χ1) is 12.5. The summed E-state index contributed by atoms with van der Waals surface area (Å²) in [6.45, 7) is 0.265. The molecule has 134 valence electrons. The van der Waals surface area contributed by atoms with Gasteiger partial charge in [0.2, 0.25) is 0 Å². The molecule has 0 radical (unpaired) electrons. The molecule has 10 nitrogen and oxygen atoms in total. The molecule has 0 saturated heterocycles. The standard InChI is InChI=1S/C16H13N3O7/c20-16(12-6-5-10(18(21)22)7-13(12)19(23)24)17-8-11-9-25-14-3-1-2-4-15(14)26-11/h1-7,11H,8-9H2,(H,17,20). The molecule has 0 aliphatic carbocycles. The molecule has 26 heavy (non-hydrogen) atoms. The molecule has 0 spiro atoms. The Kier molecular flexibility index (Phi) is 4.65. The summed E-state index contributed by atoms with van der Waals surface area (Å²) >= 11 is 0. The molecular formula is C16H13N3O7. The lowest BCUT2D eigenvalue weighted by molar-refractivity contribution is -0.394. The summed E-state index contributed by atoms with van der Waals surface area (Å²) in [5, 5.41) is 24.4. The molecule has 0 bridgehead atoms. The van der Waals surface area contributed by atoms with Crippen molar-refractivity contribution in [3.63, 3.8) is 0 Å². The third-order valence-electron chi connectivity index (χ3n) is 3.69. The van der Waals surface area contributed by atoms with Gasteiger partial charge < -0.3 is 14.8 Å². The van der Waals surface area contributed by atoms with E-state index in [9.17, 15) is 25.0 Å². The molecule has 1 unspecified atom stereocenters. The van der Waals surface area contributed by atoms with Gasteiger partial charge in [0.15, 0.2) is 11.5 Å². The van der Waals surface area contributed by atoms with Gasteiger partial charge in [0, 0.05) is 6.07 Å². The molecule has 1 N–H and O–H groups in total. The van der Waals surface area contributed by atoms with Crippen LogP contribution < -0.4 is 14.8 Å². The maximum atomic E-state index is 12.3. The smallest absolute Gasteiger partial charge is 0.289 e. The first kappa shape index (κ1) is 17.1. The van der Waals surface area contributed by atoms with Crippen molar-refractivity contribution in [2.24, 2.45) is 0 Å². The van der Waals surface area contributed by atoms with E-state index in [0.717, 1.165) is 18.2 Å². The number of para-hydroxylation sites is 2. The van der Waals surface area contributed by atoms with E-state index in [2.05, 4.69) is 5.32 Å². The number of hydrogen-bond acceptors (Lipinski definition) is 7. The van der Waals surface area contributed by atoms with E-state index < -0.39 is 33.2 Å². The van der Waals surface area contributed by atoms with Crippen LogP contribution in [0.1, 0.15) is 10.4 Å². The highest BCUT2D eigenvalue weighted by molar-refractivity contribution is 5.98. The topological polar surface area (TPSA) is 134 Å². The van der Waals surface area contributed by atoms with E-state index in [0.29, 0.717) is 11.5 Å². The fourth-order valence-electron chi connectivity index (χ4n) is 2.44. The number of nitrogens with zero attached hydrogens (tertiary/aromatic N) is 2. The van der Waals surface area contributed by atoms with Crippen molar-refractivity contribution in [3.8, 4) is 11.5 Å². The maximum Gasteiger partial charge on any atom is 0.289 e. The number of rotatable bonds is 5. The number of nitrogens with one attached hydrogen (secondary N) is 1. The zero-order chi connectivity index (χ0) is 18.7. The monoisotopic (exact) mass is 359 g/mol. The molecule has 1 atom stereocenters. The number of carbonyl (C=O) groups excluding carboxylic acids is 1. The molecule has 3 rings (SSSR count). The van der Waals surface area contributed by atoms with Gasteiger partial charge in [-0.2, -0.15) is 0 Å². The minimum Gasteiger partial charge on any atom is -0.486 e. The number of fused-ring (bicyclic) bond motifs is 1.